The van der Waals surface area contributed by atoms with Crippen LogP contribution < -0.4 is 14.8 Å². The quantitative estimate of drug-likeness (QED) is 0.642. The highest BCUT2D eigenvalue weighted by molar-refractivity contribution is 6.06. The van der Waals surface area contributed by atoms with E-state index in [2.05, 4.69) is 46.0 Å². The highest BCUT2D eigenvalue weighted by atomic mass is 16.5. The number of ether oxygens (including phenoxy) is 2. The van der Waals surface area contributed by atoms with Crippen molar-refractivity contribution in [1.29, 1.82) is 0 Å². The molecule has 0 aliphatic rings. The molecule has 6 heteroatoms. The molecule has 0 unspecified atom stereocenters. The van der Waals surface area contributed by atoms with E-state index >= 15 is 0 Å². The van der Waals surface area contributed by atoms with E-state index in [-0.39, 0.29) is 11.3 Å². The smallest absolute Gasteiger partial charge is 0.260 e. The fraction of sp³-hybridized carbons (Fsp3) is 0.333. The van der Waals surface area contributed by atoms with Gasteiger partial charge in [-0.15, -0.1) is 0 Å². The molecule has 1 amide bonds. The van der Waals surface area contributed by atoms with E-state index in [0.717, 1.165) is 22.5 Å². The summed E-state index contributed by atoms with van der Waals surface area (Å²) in [5.41, 5.74) is 4.35. The molecule has 1 N–H and O–H groups in total. The minimum Gasteiger partial charge on any atom is -0.497 e. The van der Waals surface area contributed by atoms with Crippen molar-refractivity contribution in [3.8, 4) is 17.2 Å². The number of amides is 1. The summed E-state index contributed by atoms with van der Waals surface area (Å²) in [5, 5.41) is 7.84. The van der Waals surface area contributed by atoms with E-state index in [1.165, 1.54) is 7.11 Å². The molecular formula is C24H29N3O3. The van der Waals surface area contributed by atoms with E-state index in [1.807, 2.05) is 18.2 Å². The van der Waals surface area contributed by atoms with Crippen LogP contribution in [0.4, 0.5) is 5.82 Å². The van der Waals surface area contributed by atoms with Crippen LogP contribution in [0.15, 0.2) is 42.5 Å². The Morgan fingerprint density at radius 2 is 1.77 bits per heavy atom. The molecule has 0 bridgehead atoms. The molecule has 0 fully saturated rings. The minimum atomic E-state index is -0.276. The Balaban J connectivity index is 2.06. The Labute approximate surface area is 177 Å². The maximum atomic E-state index is 13.1. The van der Waals surface area contributed by atoms with Gasteiger partial charge in [-0.2, -0.15) is 5.10 Å². The topological polar surface area (TPSA) is 65.4 Å². The van der Waals surface area contributed by atoms with Crippen LogP contribution in [-0.4, -0.2) is 29.9 Å². The molecule has 0 atom stereocenters. The number of nitrogens with zero attached hydrogens (tertiary/aromatic N) is 2. The zero-order valence-corrected chi connectivity index (χ0v) is 18.7. The Kier molecular flexibility index (Phi) is 5.87. The number of hydrogen-bond donors (Lipinski definition) is 1. The van der Waals surface area contributed by atoms with Gasteiger partial charge in [-0.25, -0.2) is 4.68 Å². The molecule has 0 aliphatic carbocycles. The van der Waals surface area contributed by atoms with Gasteiger partial charge in [-0.3, -0.25) is 4.79 Å². The number of anilines is 1. The largest absolute Gasteiger partial charge is 0.497 e. The van der Waals surface area contributed by atoms with Crippen LogP contribution >= 0.6 is 0 Å². The van der Waals surface area contributed by atoms with E-state index < -0.39 is 0 Å². The first-order chi connectivity index (χ1) is 14.2. The summed E-state index contributed by atoms with van der Waals surface area (Å²) < 4.78 is 12.4. The van der Waals surface area contributed by atoms with Gasteiger partial charge in [0.2, 0.25) is 0 Å². The van der Waals surface area contributed by atoms with Crippen LogP contribution in [0.25, 0.3) is 5.69 Å². The van der Waals surface area contributed by atoms with E-state index in [4.69, 9.17) is 14.6 Å². The fourth-order valence-corrected chi connectivity index (χ4v) is 3.16. The number of benzene rings is 2. The maximum absolute atomic E-state index is 13.1. The Morgan fingerprint density at radius 1 is 1.03 bits per heavy atom. The highest BCUT2D eigenvalue weighted by Gasteiger charge is 2.23. The van der Waals surface area contributed by atoms with Gasteiger partial charge < -0.3 is 14.8 Å². The third-order valence-corrected chi connectivity index (χ3v) is 5.18. The van der Waals surface area contributed by atoms with Crippen molar-refractivity contribution in [2.24, 2.45) is 0 Å². The van der Waals surface area contributed by atoms with Gasteiger partial charge in [0.15, 0.2) is 0 Å². The van der Waals surface area contributed by atoms with Gasteiger partial charge in [0.25, 0.3) is 5.91 Å². The fourth-order valence-electron chi connectivity index (χ4n) is 3.16. The molecule has 0 radical (unpaired) electrons. The molecule has 2 aromatic carbocycles. The van der Waals surface area contributed by atoms with Gasteiger partial charge in [0, 0.05) is 17.5 Å². The number of carbonyl (C=O) groups excluding carboxylic acids is 1. The summed E-state index contributed by atoms with van der Waals surface area (Å²) in [5.74, 6) is 1.40. The second-order valence-electron chi connectivity index (χ2n) is 8.32. The predicted molar refractivity (Wildman–Crippen MR) is 119 cm³/mol. The van der Waals surface area contributed by atoms with E-state index in [1.54, 1.807) is 30.0 Å². The van der Waals surface area contributed by atoms with Crippen LogP contribution in [0.5, 0.6) is 11.5 Å². The standard InChI is InChI=1S/C24H29N3O3/c1-15-9-8-10-19(16(15)2)27-22(14-21(26-27)24(3,4)5)25-23(28)18-12-11-17(29-6)13-20(18)30-7/h8-14H,1-7H3,(H,25,28). The highest BCUT2D eigenvalue weighted by Crippen LogP contribution is 2.30. The molecule has 30 heavy (non-hydrogen) atoms. The molecule has 3 rings (SSSR count). The summed E-state index contributed by atoms with van der Waals surface area (Å²) in [6, 6.07) is 13.1. The number of carbonyl (C=O) groups is 1. The number of rotatable bonds is 5. The molecule has 158 valence electrons. The van der Waals surface area contributed by atoms with Crippen molar-refractivity contribution in [1.82, 2.24) is 9.78 Å². The lowest BCUT2D eigenvalue weighted by Crippen LogP contribution is -2.16. The minimum absolute atomic E-state index is 0.166. The molecule has 6 nitrogen and oxygen atoms in total. The molecule has 1 aromatic heterocycles. The second-order valence-corrected chi connectivity index (χ2v) is 8.32. The lowest BCUT2D eigenvalue weighted by Gasteiger charge is -2.15. The van der Waals surface area contributed by atoms with Crippen LogP contribution in [0, 0.1) is 13.8 Å². The predicted octanol–water partition coefficient (Wildman–Crippen LogP) is 5.06. The maximum Gasteiger partial charge on any atom is 0.260 e. The summed E-state index contributed by atoms with van der Waals surface area (Å²) in [7, 11) is 3.11. The average molecular weight is 408 g/mol. The average Bonchev–Trinajstić information content (AvgIpc) is 3.13. The van der Waals surface area contributed by atoms with Crippen molar-refractivity contribution in [3.63, 3.8) is 0 Å². The molecule has 0 saturated carbocycles. The van der Waals surface area contributed by atoms with Gasteiger partial charge in [-0.1, -0.05) is 32.9 Å². The first-order valence-electron chi connectivity index (χ1n) is 9.86. The van der Waals surface area contributed by atoms with Crippen molar-refractivity contribution < 1.29 is 14.3 Å². The van der Waals surface area contributed by atoms with Gasteiger partial charge in [0.1, 0.15) is 17.3 Å². The summed E-state index contributed by atoms with van der Waals surface area (Å²) >= 11 is 0. The molecule has 0 spiro atoms. The SMILES string of the molecule is COc1ccc(C(=O)Nc2cc(C(C)(C)C)nn2-c2cccc(C)c2C)c(OC)c1. The van der Waals surface area contributed by atoms with Crippen molar-refractivity contribution in [3.05, 3.63) is 64.8 Å². The number of hydrogen-bond acceptors (Lipinski definition) is 4. The van der Waals surface area contributed by atoms with Crippen molar-refractivity contribution >= 4 is 11.7 Å². The lowest BCUT2D eigenvalue weighted by atomic mass is 9.92. The Bertz CT molecular complexity index is 1080. The number of nitrogens with one attached hydrogen (secondary N) is 1. The number of aryl methyl sites for hydroxylation is 1. The van der Waals surface area contributed by atoms with E-state index in [9.17, 15) is 4.79 Å². The summed E-state index contributed by atoms with van der Waals surface area (Å²) in [6.45, 7) is 10.4. The zero-order chi connectivity index (χ0) is 22.1. The van der Waals surface area contributed by atoms with Crippen LogP contribution in [0.3, 0.4) is 0 Å². The zero-order valence-electron chi connectivity index (χ0n) is 18.7. The molecule has 3 aromatic rings. The van der Waals surface area contributed by atoms with E-state index in [0.29, 0.717) is 22.9 Å². The first-order valence-corrected chi connectivity index (χ1v) is 9.86. The molecule has 0 aliphatic heterocycles. The monoisotopic (exact) mass is 407 g/mol. The van der Waals surface area contributed by atoms with Crippen LogP contribution in [0.1, 0.15) is 48.0 Å². The normalized spacial score (nSPS) is 11.3. The Hall–Kier alpha value is -3.28. The molecule has 1 heterocycles. The molecule has 0 saturated heterocycles. The van der Waals surface area contributed by atoms with Crippen LogP contribution in [0.2, 0.25) is 0 Å². The number of aromatic nitrogens is 2. The summed E-state index contributed by atoms with van der Waals surface area (Å²) in [6.07, 6.45) is 0. The van der Waals surface area contributed by atoms with Crippen molar-refractivity contribution in [2.75, 3.05) is 19.5 Å². The summed E-state index contributed by atoms with van der Waals surface area (Å²) in [4.78, 5) is 13.1. The van der Waals surface area contributed by atoms with Crippen LogP contribution in [-0.2, 0) is 5.41 Å². The van der Waals surface area contributed by atoms with Gasteiger partial charge in [0.05, 0.1) is 31.2 Å². The second kappa shape index (κ2) is 8.22. The lowest BCUT2D eigenvalue weighted by molar-refractivity contribution is 0.102. The third kappa shape index (κ3) is 4.17. The van der Waals surface area contributed by atoms with Gasteiger partial charge in [-0.05, 0) is 43.2 Å². The Morgan fingerprint density at radius 3 is 2.40 bits per heavy atom. The number of methoxy groups -OCH3 is 2. The molecular weight excluding hydrogens is 378 g/mol. The van der Waals surface area contributed by atoms with Gasteiger partial charge >= 0.3 is 0 Å². The first kappa shape index (κ1) is 21.4. The van der Waals surface area contributed by atoms with Crippen molar-refractivity contribution in [2.45, 2.75) is 40.0 Å². The third-order valence-electron chi connectivity index (χ3n) is 5.18.